The van der Waals surface area contributed by atoms with Gasteiger partial charge in [0.05, 0.1) is 13.2 Å². The standard InChI is InChI=1S/C15H19N3O3/c1-9-12(10-5-7-11(8-6-10)18(2)3)16-15(20)17-13(9)14(19)21-4/h5-8,12H,1-4H3,(H2,16,17,20). The molecule has 112 valence electrons. The lowest BCUT2D eigenvalue weighted by Gasteiger charge is -2.28. The molecule has 2 rings (SSSR count). The summed E-state index contributed by atoms with van der Waals surface area (Å²) in [4.78, 5) is 25.4. The molecule has 1 aliphatic rings. The maximum atomic E-state index is 11.7. The van der Waals surface area contributed by atoms with Gasteiger partial charge >= 0.3 is 12.0 Å². The number of nitrogens with zero attached hydrogens (tertiary/aromatic N) is 1. The monoisotopic (exact) mass is 289 g/mol. The van der Waals surface area contributed by atoms with Gasteiger partial charge in [-0.1, -0.05) is 12.1 Å². The summed E-state index contributed by atoms with van der Waals surface area (Å²) < 4.78 is 4.70. The van der Waals surface area contributed by atoms with Crippen molar-refractivity contribution in [3.8, 4) is 0 Å². The molecule has 1 heterocycles. The van der Waals surface area contributed by atoms with E-state index in [1.807, 2.05) is 43.3 Å². The number of rotatable bonds is 3. The molecule has 2 amide bonds. The van der Waals surface area contributed by atoms with Crippen molar-refractivity contribution >= 4 is 17.7 Å². The maximum Gasteiger partial charge on any atom is 0.354 e. The molecular formula is C15H19N3O3. The number of carbonyl (C=O) groups is 2. The van der Waals surface area contributed by atoms with Crippen molar-refractivity contribution in [3.05, 3.63) is 41.1 Å². The minimum atomic E-state index is -0.544. The van der Waals surface area contributed by atoms with Crippen molar-refractivity contribution in [3.63, 3.8) is 0 Å². The van der Waals surface area contributed by atoms with E-state index in [1.54, 1.807) is 6.92 Å². The van der Waals surface area contributed by atoms with Crippen LogP contribution in [0.1, 0.15) is 18.5 Å². The molecule has 1 atom stereocenters. The van der Waals surface area contributed by atoms with Crippen LogP contribution in [0.5, 0.6) is 0 Å². The first-order chi connectivity index (χ1) is 9.93. The third-order valence-electron chi connectivity index (χ3n) is 3.47. The van der Waals surface area contributed by atoms with Crippen LogP contribution in [-0.2, 0) is 9.53 Å². The Balaban J connectivity index is 2.37. The third kappa shape index (κ3) is 2.99. The predicted octanol–water partition coefficient (Wildman–Crippen LogP) is 1.55. The molecule has 0 radical (unpaired) electrons. The normalized spacial score (nSPS) is 17.9. The molecule has 0 saturated heterocycles. The highest BCUT2D eigenvalue weighted by Gasteiger charge is 2.29. The van der Waals surface area contributed by atoms with E-state index < -0.39 is 12.0 Å². The van der Waals surface area contributed by atoms with Gasteiger partial charge in [0.1, 0.15) is 5.70 Å². The van der Waals surface area contributed by atoms with Gasteiger partial charge in [-0.05, 0) is 30.2 Å². The minimum Gasteiger partial charge on any atom is -0.464 e. The number of nitrogens with one attached hydrogen (secondary N) is 2. The predicted molar refractivity (Wildman–Crippen MR) is 79.9 cm³/mol. The zero-order valence-corrected chi connectivity index (χ0v) is 12.6. The summed E-state index contributed by atoms with van der Waals surface area (Å²) >= 11 is 0. The van der Waals surface area contributed by atoms with Gasteiger partial charge in [0.15, 0.2) is 0 Å². The van der Waals surface area contributed by atoms with E-state index in [2.05, 4.69) is 10.6 Å². The molecule has 6 nitrogen and oxygen atoms in total. The van der Waals surface area contributed by atoms with Crippen molar-refractivity contribution in [1.29, 1.82) is 0 Å². The molecule has 0 saturated carbocycles. The van der Waals surface area contributed by atoms with Gasteiger partial charge in [-0.25, -0.2) is 9.59 Å². The SMILES string of the molecule is COC(=O)C1=C(C)C(c2ccc(N(C)C)cc2)NC(=O)N1. The zero-order chi connectivity index (χ0) is 15.6. The fourth-order valence-corrected chi connectivity index (χ4v) is 2.24. The lowest BCUT2D eigenvalue weighted by molar-refractivity contribution is -0.136. The van der Waals surface area contributed by atoms with Crippen molar-refractivity contribution in [1.82, 2.24) is 10.6 Å². The van der Waals surface area contributed by atoms with Gasteiger partial charge in [-0.3, -0.25) is 0 Å². The number of benzene rings is 1. The van der Waals surface area contributed by atoms with Crippen LogP contribution < -0.4 is 15.5 Å². The van der Waals surface area contributed by atoms with Gasteiger partial charge in [-0.15, -0.1) is 0 Å². The second kappa shape index (κ2) is 5.87. The van der Waals surface area contributed by atoms with Crippen molar-refractivity contribution in [2.75, 3.05) is 26.1 Å². The summed E-state index contributed by atoms with van der Waals surface area (Å²) in [6, 6.07) is 7.05. The van der Waals surface area contributed by atoms with E-state index in [9.17, 15) is 9.59 Å². The summed E-state index contributed by atoms with van der Waals surface area (Å²) in [5.41, 5.74) is 2.89. The van der Waals surface area contributed by atoms with E-state index in [-0.39, 0.29) is 11.7 Å². The first-order valence-electron chi connectivity index (χ1n) is 6.58. The summed E-state index contributed by atoms with van der Waals surface area (Å²) in [7, 11) is 5.21. The van der Waals surface area contributed by atoms with Crippen molar-refractivity contribution in [2.45, 2.75) is 13.0 Å². The number of hydrogen-bond acceptors (Lipinski definition) is 4. The number of amides is 2. The van der Waals surface area contributed by atoms with Crippen LogP contribution in [0.2, 0.25) is 0 Å². The lowest BCUT2D eigenvalue weighted by atomic mass is 9.96. The smallest absolute Gasteiger partial charge is 0.354 e. The average Bonchev–Trinajstić information content (AvgIpc) is 2.48. The van der Waals surface area contributed by atoms with Crippen LogP contribution in [0.15, 0.2) is 35.5 Å². The Bertz CT molecular complexity index is 591. The Morgan fingerprint density at radius 3 is 2.38 bits per heavy atom. The molecule has 0 aromatic heterocycles. The number of urea groups is 1. The van der Waals surface area contributed by atoms with Crippen molar-refractivity contribution in [2.24, 2.45) is 0 Å². The van der Waals surface area contributed by atoms with Gasteiger partial charge < -0.3 is 20.3 Å². The highest BCUT2D eigenvalue weighted by Crippen LogP contribution is 2.27. The van der Waals surface area contributed by atoms with Crippen LogP contribution in [0.25, 0.3) is 0 Å². The summed E-state index contributed by atoms with van der Waals surface area (Å²) in [5.74, 6) is -0.544. The van der Waals surface area contributed by atoms with E-state index in [0.717, 1.165) is 16.8 Å². The van der Waals surface area contributed by atoms with Crippen molar-refractivity contribution < 1.29 is 14.3 Å². The van der Waals surface area contributed by atoms with Crippen LogP contribution in [0.3, 0.4) is 0 Å². The number of ether oxygens (including phenoxy) is 1. The topological polar surface area (TPSA) is 70.7 Å². The summed E-state index contributed by atoms with van der Waals surface area (Å²) in [6.07, 6.45) is 0. The number of methoxy groups -OCH3 is 1. The van der Waals surface area contributed by atoms with Gasteiger partial charge in [-0.2, -0.15) is 0 Å². The molecule has 21 heavy (non-hydrogen) atoms. The Hall–Kier alpha value is -2.50. The molecule has 0 bridgehead atoms. The highest BCUT2D eigenvalue weighted by molar-refractivity contribution is 5.96. The largest absolute Gasteiger partial charge is 0.464 e. The molecule has 6 heteroatoms. The molecule has 0 fully saturated rings. The lowest BCUT2D eigenvalue weighted by Crippen LogP contribution is -2.45. The molecule has 1 aromatic rings. The Morgan fingerprint density at radius 1 is 1.24 bits per heavy atom. The highest BCUT2D eigenvalue weighted by atomic mass is 16.5. The molecule has 1 unspecified atom stereocenters. The number of anilines is 1. The second-order valence-corrected chi connectivity index (χ2v) is 5.07. The zero-order valence-electron chi connectivity index (χ0n) is 12.6. The number of carbonyl (C=O) groups excluding carboxylic acids is 2. The fraction of sp³-hybridized carbons (Fsp3) is 0.333. The molecular weight excluding hydrogens is 270 g/mol. The van der Waals surface area contributed by atoms with Gasteiger partial charge in [0, 0.05) is 19.8 Å². The minimum absolute atomic E-state index is 0.197. The first-order valence-corrected chi connectivity index (χ1v) is 6.58. The number of hydrogen-bond donors (Lipinski definition) is 2. The second-order valence-electron chi connectivity index (χ2n) is 5.07. The van der Waals surface area contributed by atoms with E-state index in [4.69, 9.17) is 4.74 Å². The average molecular weight is 289 g/mol. The Labute approximate surface area is 123 Å². The van der Waals surface area contributed by atoms with E-state index >= 15 is 0 Å². The van der Waals surface area contributed by atoms with Crippen LogP contribution in [-0.4, -0.2) is 33.2 Å². The molecule has 2 N–H and O–H groups in total. The van der Waals surface area contributed by atoms with E-state index in [1.165, 1.54) is 7.11 Å². The molecule has 0 aliphatic carbocycles. The Kier molecular flexibility index (Phi) is 4.16. The maximum absolute atomic E-state index is 11.7. The molecule has 1 aliphatic heterocycles. The van der Waals surface area contributed by atoms with Crippen LogP contribution >= 0.6 is 0 Å². The van der Waals surface area contributed by atoms with E-state index in [0.29, 0.717) is 0 Å². The summed E-state index contributed by atoms with van der Waals surface area (Å²) in [5, 5.41) is 5.30. The molecule has 0 spiro atoms. The quantitative estimate of drug-likeness (QED) is 0.828. The fourth-order valence-electron chi connectivity index (χ4n) is 2.24. The Morgan fingerprint density at radius 2 is 1.86 bits per heavy atom. The number of esters is 1. The van der Waals surface area contributed by atoms with Crippen LogP contribution in [0, 0.1) is 0 Å². The van der Waals surface area contributed by atoms with Gasteiger partial charge in [0.2, 0.25) is 0 Å². The third-order valence-corrected chi connectivity index (χ3v) is 3.47. The van der Waals surface area contributed by atoms with Crippen LogP contribution in [0.4, 0.5) is 10.5 Å². The molecule has 1 aromatic carbocycles. The summed E-state index contributed by atoms with van der Waals surface area (Å²) in [6.45, 7) is 1.79. The van der Waals surface area contributed by atoms with Gasteiger partial charge in [0.25, 0.3) is 0 Å². The first kappa shape index (κ1) is 14.9.